The number of rotatable bonds is 5. The number of ether oxygens (including phenoxy) is 1. The quantitative estimate of drug-likeness (QED) is 0.797. The predicted octanol–water partition coefficient (Wildman–Crippen LogP) is 1.51. The first-order chi connectivity index (χ1) is 9.19. The fraction of sp³-hybridized carbons (Fsp3) is 0.200. The van der Waals surface area contributed by atoms with Gasteiger partial charge in [-0.3, -0.25) is 0 Å². The Kier molecular flexibility index (Phi) is 4.60. The van der Waals surface area contributed by atoms with Gasteiger partial charge in [0.1, 0.15) is 12.4 Å². The Morgan fingerprint density at radius 3 is 2.37 bits per heavy atom. The maximum atomic E-state index is 9.11. The first kappa shape index (κ1) is 13.7. The molecule has 0 aliphatic heterocycles. The molecule has 3 nitrogen and oxygen atoms in total. The van der Waals surface area contributed by atoms with Crippen molar-refractivity contribution in [2.45, 2.75) is 20.0 Å². The van der Waals surface area contributed by atoms with Crippen LogP contribution in [0.3, 0.4) is 0 Å². The third-order valence-corrected chi connectivity index (χ3v) is 2.99. The third-order valence-electron chi connectivity index (χ3n) is 2.99. The smallest absolute Gasteiger partial charge is 0.488 e. The average molecular weight is 256 g/mol. The topological polar surface area (TPSA) is 49.7 Å². The summed E-state index contributed by atoms with van der Waals surface area (Å²) in [4.78, 5) is 0. The van der Waals surface area contributed by atoms with E-state index in [1.807, 2.05) is 30.3 Å². The molecule has 98 valence electrons. The molecule has 0 heterocycles. The molecule has 0 aliphatic carbocycles. The lowest BCUT2D eigenvalue weighted by Crippen LogP contribution is -2.29. The van der Waals surface area contributed by atoms with Gasteiger partial charge in [0.15, 0.2) is 0 Å². The normalized spacial score (nSPS) is 10.3. The van der Waals surface area contributed by atoms with Crippen molar-refractivity contribution in [1.29, 1.82) is 0 Å². The highest BCUT2D eigenvalue weighted by atomic mass is 16.5. The van der Waals surface area contributed by atoms with Gasteiger partial charge in [-0.05, 0) is 35.1 Å². The molecule has 0 radical (unpaired) electrons. The highest BCUT2D eigenvalue weighted by Crippen LogP contribution is 2.14. The Morgan fingerprint density at radius 2 is 1.74 bits per heavy atom. The number of benzene rings is 2. The second kappa shape index (κ2) is 6.41. The van der Waals surface area contributed by atoms with E-state index >= 15 is 0 Å². The van der Waals surface area contributed by atoms with Crippen LogP contribution in [0.25, 0.3) is 0 Å². The molecule has 2 aromatic carbocycles. The fourth-order valence-electron chi connectivity index (χ4n) is 1.83. The summed E-state index contributed by atoms with van der Waals surface area (Å²) in [6, 6.07) is 15.1. The van der Waals surface area contributed by atoms with E-state index in [-0.39, 0.29) is 0 Å². The van der Waals surface area contributed by atoms with E-state index in [1.54, 1.807) is 18.2 Å². The molecule has 0 saturated heterocycles. The predicted molar refractivity (Wildman–Crippen MR) is 76.4 cm³/mol. The van der Waals surface area contributed by atoms with E-state index in [4.69, 9.17) is 14.8 Å². The molecule has 2 aromatic rings. The summed E-state index contributed by atoms with van der Waals surface area (Å²) in [5.41, 5.74) is 2.66. The zero-order valence-electron chi connectivity index (χ0n) is 10.9. The second-order valence-electron chi connectivity index (χ2n) is 4.40. The molecule has 2 rings (SSSR count). The van der Waals surface area contributed by atoms with Crippen molar-refractivity contribution in [3.05, 3.63) is 59.7 Å². The summed E-state index contributed by atoms with van der Waals surface area (Å²) in [7, 11) is -1.44. The van der Waals surface area contributed by atoms with E-state index in [1.165, 1.54) is 5.56 Å². The Labute approximate surface area is 113 Å². The van der Waals surface area contributed by atoms with Crippen molar-refractivity contribution in [3.8, 4) is 5.75 Å². The van der Waals surface area contributed by atoms with Crippen LogP contribution in [-0.4, -0.2) is 17.2 Å². The lowest BCUT2D eigenvalue weighted by atomic mass is 9.80. The summed E-state index contributed by atoms with van der Waals surface area (Å²) in [5, 5.41) is 18.2. The SMILES string of the molecule is CCc1ccc(OCc2cccc(B(O)O)c2)cc1. The molecule has 0 saturated carbocycles. The van der Waals surface area contributed by atoms with Crippen LogP contribution in [0.2, 0.25) is 0 Å². The van der Waals surface area contributed by atoms with Crippen LogP contribution < -0.4 is 10.2 Å². The lowest BCUT2D eigenvalue weighted by Gasteiger charge is -2.08. The first-order valence-electron chi connectivity index (χ1n) is 6.35. The van der Waals surface area contributed by atoms with E-state index in [0.717, 1.165) is 17.7 Å². The van der Waals surface area contributed by atoms with Crippen LogP contribution in [0.1, 0.15) is 18.1 Å². The van der Waals surface area contributed by atoms with Gasteiger partial charge in [0.05, 0.1) is 0 Å². The maximum absolute atomic E-state index is 9.11. The maximum Gasteiger partial charge on any atom is 0.488 e. The zero-order chi connectivity index (χ0) is 13.7. The van der Waals surface area contributed by atoms with Crippen LogP contribution in [0, 0.1) is 0 Å². The lowest BCUT2D eigenvalue weighted by molar-refractivity contribution is 0.306. The van der Waals surface area contributed by atoms with Crippen LogP contribution in [-0.2, 0) is 13.0 Å². The minimum absolute atomic E-state index is 0.409. The standard InChI is InChI=1S/C15H17BO3/c1-2-12-6-8-15(9-7-12)19-11-13-4-3-5-14(10-13)16(17)18/h3-10,17-18H,2,11H2,1H3. The minimum atomic E-state index is -1.44. The van der Waals surface area contributed by atoms with Gasteiger partial charge in [-0.15, -0.1) is 0 Å². The number of hydrogen-bond donors (Lipinski definition) is 2. The molecule has 19 heavy (non-hydrogen) atoms. The number of aryl methyl sites for hydroxylation is 1. The number of hydrogen-bond acceptors (Lipinski definition) is 3. The second-order valence-corrected chi connectivity index (χ2v) is 4.40. The van der Waals surface area contributed by atoms with Gasteiger partial charge in [0.25, 0.3) is 0 Å². The van der Waals surface area contributed by atoms with Crippen molar-refractivity contribution in [3.63, 3.8) is 0 Å². The van der Waals surface area contributed by atoms with Crippen molar-refractivity contribution in [2.24, 2.45) is 0 Å². The van der Waals surface area contributed by atoms with E-state index < -0.39 is 7.12 Å². The van der Waals surface area contributed by atoms with Gasteiger partial charge in [-0.2, -0.15) is 0 Å². The van der Waals surface area contributed by atoms with Gasteiger partial charge >= 0.3 is 7.12 Å². The molecule has 0 aliphatic rings. The largest absolute Gasteiger partial charge is 0.489 e. The Bertz CT molecular complexity index is 523. The highest BCUT2D eigenvalue weighted by Gasteiger charge is 2.10. The molecule has 0 aromatic heterocycles. The van der Waals surface area contributed by atoms with E-state index in [2.05, 4.69) is 6.92 Å². The summed E-state index contributed by atoms with van der Waals surface area (Å²) >= 11 is 0. The summed E-state index contributed by atoms with van der Waals surface area (Å²) in [5.74, 6) is 0.812. The molecular formula is C15H17BO3. The van der Waals surface area contributed by atoms with Gasteiger partial charge in [-0.1, -0.05) is 43.3 Å². The monoisotopic (exact) mass is 256 g/mol. The molecule has 0 fully saturated rings. The summed E-state index contributed by atoms with van der Waals surface area (Å²) in [6.45, 7) is 2.52. The third kappa shape index (κ3) is 3.84. The molecule has 0 unspecified atom stereocenters. The van der Waals surface area contributed by atoms with Crippen LogP contribution >= 0.6 is 0 Å². The summed E-state index contributed by atoms with van der Waals surface area (Å²) in [6.07, 6.45) is 1.01. The Hall–Kier alpha value is -1.78. The van der Waals surface area contributed by atoms with Crippen molar-refractivity contribution < 1.29 is 14.8 Å². The van der Waals surface area contributed by atoms with Crippen molar-refractivity contribution in [2.75, 3.05) is 0 Å². The van der Waals surface area contributed by atoms with Crippen LogP contribution in [0.4, 0.5) is 0 Å². The molecule has 0 amide bonds. The molecular weight excluding hydrogens is 239 g/mol. The van der Waals surface area contributed by atoms with Gasteiger partial charge in [-0.25, -0.2) is 0 Å². The minimum Gasteiger partial charge on any atom is -0.489 e. The Morgan fingerprint density at radius 1 is 1.00 bits per heavy atom. The zero-order valence-corrected chi connectivity index (χ0v) is 10.9. The molecule has 2 N–H and O–H groups in total. The van der Waals surface area contributed by atoms with Gasteiger partial charge in [0.2, 0.25) is 0 Å². The van der Waals surface area contributed by atoms with Crippen LogP contribution in [0.15, 0.2) is 48.5 Å². The molecule has 0 atom stereocenters. The summed E-state index contributed by atoms with van der Waals surface area (Å²) < 4.78 is 5.66. The van der Waals surface area contributed by atoms with E-state index in [9.17, 15) is 0 Å². The van der Waals surface area contributed by atoms with Crippen LogP contribution in [0.5, 0.6) is 5.75 Å². The van der Waals surface area contributed by atoms with E-state index in [0.29, 0.717) is 12.1 Å². The first-order valence-corrected chi connectivity index (χ1v) is 6.35. The Balaban J connectivity index is 1.99. The molecule has 0 bridgehead atoms. The van der Waals surface area contributed by atoms with Crippen molar-refractivity contribution in [1.82, 2.24) is 0 Å². The average Bonchev–Trinajstić information content (AvgIpc) is 2.46. The van der Waals surface area contributed by atoms with Crippen molar-refractivity contribution >= 4 is 12.6 Å². The fourth-order valence-corrected chi connectivity index (χ4v) is 1.83. The van der Waals surface area contributed by atoms with Gasteiger partial charge < -0.3 is 14.8 Å². The van der Waals surface area contributed by atoms with Gasteiger partial charge in [0, 0.05) is 0 Å². The molecule has 0 spiro atoms. The molecule has 4 heteroatoms. The highest BCUT2D eigenvalue weighted by molar-refractivity contribution is 6.58.